The Morgan fingerprint density at radius 1 is 1.14 bits per heavy atom. The fourth-order valence-electron chi connectivity index (χ4n) is 3.76. The Labute approximate surface area is 197 Å². The molecule has 2 aromatic carbocycles. The van der Waals surface area contributed by atoms with Gasteiger partial charge in [0.2, 0.25) is 11.6 Å². The van der Waals surface area contributed by atoms with E-state index in [4.69, 9.17) is 4.74 Å². The maximum absolute atomic E-state index is 13.6. The molecule has 0 unspecified atom stereocenters. The van der Waals surface area contributed by atoms with E-state index >= 15 is 0 Å². The highest BCUT2D eigenvalue weighted by molar-refractivity contribution is 6.32. The van der Waals surface area contributed by atoms with Gasteiger partial charge >= 0.3 is 0 Å². The number of aliphatic hydroxyl groups is 1. The van der Waals surface area contributed by atoms with Gasteiger partial charge in [-0.05, 0) is 19.9 Å². The van der Waals surface area contributed by atoms with Gasteiger partial charge in [0, 0.05) is 35.8 Å². The van der Waals surface area contributed by atoms with Gasteiger partial charge in [-0.2, -0.15) is 0 Å². The Hall–Kier alpha value is -4.51. The number of aromatic hydroxyl groups is 3. The van der Waals surface area contributed by atoms with Crippen LogP contribution in [0, 0.1) is 12.7 Å². The molecule has 0 saturated heterocycles. The first-order valence-electron chi connectivity index (χ1n) is 10.1. The molecule has 1 aliphatic heterocycles. The Balaban J connectivity index is 2.09. The highest BCUT2D eigenvalue weighted by Gasteiger charge is 2.48. The van der Waals surface area contributed by atoms with Gasteiger partial charge in [0.05, 0.1) is 22.5 Å². The lowest BCUT2D eigenvalue weighted by molar-refractivity contribution is -0.116. The highest BCUT2D eigenvalue weighted by atomic mass is 19.1. The number of nitrogens with zero attached hydrogens (tertiary/aromatic N) is 1. The van der Waals surface area contributed by atoms with Crippen LogP contribution in [0.25, 0.3) is 0 Å². The summed E-state index contributed by atoms with van der Waals surface area (Å²) < 4.78 is 18.9. The van der Waals surface area contributed by atoms with Crippen molar-refractivity contribution in [2.45, 2.75) is 26.6 Å². The van der Waals surface area contributed by atoms with Crippen LogP contribution in [-0.2, 0) is 4.79 Å². The molecule has 0 spiro atoms. The summed E-state index contributed by atoms with van der Waals surface area (Å²) in [6.45, 7) is 7.32. The van der Waals surface area contributed by atoms with E-state index in [1.54, 1.807) is 0 Å². The molecule has 5 N–H and O–H groups in total. The van der Waals surface area contributed by atoms with Gasteiger partial charge in [-0.3, -0.25) is 14.4 Å². The van der Waals surface area contributed by atoms with Gasteiger partial charge in [-0.15, -0.1) is 0 Å². The number of benzene rings is 2. The van der Waals surface area contributed by atoms with E-state index in [1.807, 2.05) is 0 Å². The average molecular weight is 482 g/mol. The summed E-state index contributed by atoms with van der Waals surface area (Å²) in [5, 5.41) is 43.9. The molecule has 2 aliphatic rings. The summed E-state index contributed by atoms with van der Waals surface area (Å²) in [4.78, 5) is 42.6. The Kier molecular flexibility index (Phi) is 5.25. The number of carbonyl (C=O) groups is 3. The zero-order valence-corrected chi connectivity index (χ0v) is 18.7. The van der Waals surface area contributed by atoms with Crippen LogP contribution in [0.1, 0.15) is 45.7 Å². The number of fused-ring (bicyclic) bond motifs is 3. The van der Waals surface area contributed by atoms with E-state index in [0.717, 1.165) is 13.0 Å². The lowest BCUT2D eigenvalue weighted by Crippen LogP contribution is -2.36. The topological polar surface area (TPSA) is 166 Å². The van der Waals surface area contributed by atoms with Crippen molar-refractivity contribution in [2.24, 2.45) is 4.99 Å². The number of hydrogen-bond acceptors (Lipinski definition) is 9. The van der Waals surface area contributed by atoms with Gasteiger partial charge in [0.1, 0.15) is 34.5 Å². The third-order valence-corrected chi connectivity index (χ3v) is 5.52. The fourth-order valence-corrected chi connectivity index (χ4v) is 3.76. The number of amides is 1. The molecule has 1 heterocycles. The molecule has 2 aromatic rings. The third-order valence-electron chi connectivity index (χ3n) is 5.52. The van der Waals surface area contributed by atoms with Crippen LogP contribution in [0.5, 0.6) is 23.0 Å². The SMILES string of the molecule is C=C(C)C(=O)NC1=CC(=Nc2c(O)cc(F)cc2O)c2c(c(O)c(C)c3c2C(=O)[C@@](C)(O)O3)C1=O. The standard InChI is InChI=1S/C24H19FN2O8/c1-8(2)23(33)27-12-7-11(26-18-13(28)5-10(25)6-14(18)29)15-16(20(12)31)19(30)9(3)21-17(15)22(32)24(4,34)35-21/h5-7,28-30,34H,1H2,2-4H3,(H,27,33)/t24-/m0/s1. The molecule has 10 nitrogen and oxygen atoms in total. The van der Waals surface area contributed by atoms with Crippen molar-refractivity contribution in [2.75, 3.05) is 0 Å². The van der Waals surface area contributed by atoms with Gasteiger partial charge in [-0.1, -0.05) is 6.58 Å². The van der Waals surface area contributed by atoms with Crippen LogP contribution in [0.2, 0.25) is 0 Å². The second kappa shape index (κ2) is 7.77. The molecular weight excluding hydrogens is 463 g/mol. The quantitative estimate of drug-likeness (QED) is 0.416. The number of hydrogen-bond donors (Lipinski definition) is 5. The van der Waals surface area contributed by atoms with Crippen LogP contribution in [0.4, 0.5) is 10.1 Å². The largest absolute Gasteiger partial charge is 0.507 e. The monoisotopic (exact) mass is 482 g/mol. The molecule has 35 heavy (non-hydrogen) atoms. The number of Topliss-reactive ketones (excluding diaryl/α,β-unsaturated/α-hetero) is 2. The minimum absolute atomic E-state index is 0.0301. The van der Waals surface area contributed by atoms with Crippen molar-refractivity contribution in [1.82, 2.24) is 5.32 Å². The summed E-state index contributed by atoms with van der Waals surface area (Å²) >= 11 is 0. The molecule has 180 valence electrons. The summed E-state index contributed by atoms with van der Waals surface area (Å²) in [5.74, 6) is -8.17. The number of allylic oxidation sites excluding steroid dienone is 2. The molecule has 0 bridgehead atoms. The molecule has 1 atom stereocenters. The fraction of sp³-hybridized carbons (Fsp3) is 0.167. The zero-order chi connectivity index (χ0) is 26.0. The van der Waals surface area contributed by atoms with Crippen molar-refractivity contribution >= 4 is 28.9 Å². The van der Waals surface area contributed by atoms with Crippen molar-refractivity contribution < 1.29 is 43.9 Å². The number of carbonyl (C=O) groups excluding carboxylic acids is 3. The number of phenols is 3. The van der Waals surface area contributed by atoms with Crippen LogP contribution < -0.4 is 10.1 Å². The number of halogens is 1. The average Bonchev–Trinajstić information content (AvgIpc) is 2.99. The van der Waals surface area contributed by atoms with Crippen LogP contribution in [0.3, 0.4) is 0 Å². The summed E-state index contributed by atoms with van der Waals surface area (Å²) in [7, 11) is 0. The molecular formula is C24H19FN2O8. The zero-order valence-electron chi connectivity index (χ0n) is 18.7. The maximum Gasteiger partial charge on any atom is 0.270 e. The lowest BCUT2D eigenvalue weighted by atomic mass is 9.83. The number of phenolic OH excluding ortho intramolecular Hbond substituents is 3. The first-order valence-corrected chi connectivity index (χ1v) is 10.1. The molecule has 1 aliphatic carbocycles. The van der Waals surface area contributed by atoms with Gasteiger partial charge in [0.25, 0.3) is 11.7 Å². The van der Waals surface area contributed by atoms with Crippen molar-refractivity contribution in [3.05, 3.63) is 64.1 Å². The number of aliphatic imine (C=N–C) groups is 1. The van der Waals surface area contributed by atoms with E-state index in [2.05, 4.69) is 16.9 Å². The molecule has 1 amide bonds. The van der Waals surface area contributed by atoms with Crippen LogP contribution in [-0.4, -0.2) is 49.4 Å². The van der Waals surface area contributed by atoms with E-state index in [1.165, 1.54) is 13.8 Å². The molecule has 11 heteroatoms. The van der Waals surface area contributed by atoms with E-state index in [-0.39, 0.29) is 39.4 Å². The van der Waals surface area contributed by atoms with Gasteiger partial charge < -0.3 is 30.5 Å². The Morgan fingerprint density at radius 3 is 2.31 bits per heavy atom. The summed E-state index contributed by atoms with van der Waals surface area (Å²) in [6.07, 6.45) is 1.04. The number of ketones is 2. The second-order valence-corrected chi connectivity index (χ2v) is 8.25. The van der Waals surface area contributed by atoms with E-state index in [9.17, 15) is 39.2 Å². The van der Waals surface area contributed by atoms with Gasteiger partial charge in [0.15, 0.2) is 0 Å². The predicted octanol–water partition coefficient (Wildman–Crippen LogP) is 2.43. The summed E-state index contributed by atoms with van der Waals surface area (Å²) in [6, 6.07) is 1.36. The number of rotatable bonds is 3. The van der Waals surface area contributed by atoms with E-state index in [0.29, 0.717) is 12.1 Å². The molecule has 0 fully saturated rings. The smallest absolute Gasteiger partial charge is 0.270 e. The Bertz CT molecular complexity index is 1430. The van der Waals surface area contributed by atoms with Gasteiger partial charge in [-0.25, -0.2) is 9.38 Å². The van der Waals surface area contributed by atoms with E-state index < -0.39 is 57.6 Å². The minimum atomic E-state index is -2.32. The van der Waals surface area contributed by atoms with Crippen LogP contribution >= 0.6 is 0 Å². The molecule has 0 radical (unpaired) electrons. The maximum atomic E-state index is 13.6. The summed E-state index contributed by atoms with van der Waals surface area (Å²) in [5.41, 5.74) is -2.12. The minimum Gasteiger partial charge on any atom is -0.507 e. The lowest BCUT2D eigenvalue weighted by Gasteiger charge is -2.22. The van der Waals surface area contributed by atoms with Crippen LogP contribution in [0.15, 0.2) is 41.1 Å². The normalized spacial score (nSPS) is 19.7. The highest BCUT2D eigenvalue weighted by Crippen LogP contribution is 2.48. The molecule has 0 aromatic heterocycles. The third kappa shape index (κ3) is 3.62. The first kappa shape index (κ1) is 23.6. The molecule has 0 saturated carbocycles. The molecule has 4 rings (SSSR count). The van der Waals surface area contributed by atoms with Crippen molar-refractivity contribution in [3.8, 4) is 23.0 Å². The number of ether oxygens (including phenoxy) is 1. The predicted molar refractivity (Wildman–Crippen MR) is 120 cm³/mol. The number of nitrogens with one attached hydrogen (secondary N) is 1. The van der Waals surface area contributed by atoms with Crippen molar-refractivity contribution in [1.29, 1.82) is 0 Å². The first-order chi connectivity index (χ1) is 16.2. The second-order valence-electron chi connectivity index (χ2n) is 8.25. The van der Waals surface area contributed by atoms with Crippen molar-refractivity contribution in [3.63, 3.8) is 0 Å². The Morgan fingerprint density at radius 2 is 1.74 bits per heavy atom.